The molecule has 6 nitrogen and oxygen atoms in total. The smallest absolute Gasteiger partial charge is 0.257 e. The van der Waals surface area contributed by atoms with E-state index in [0.29, 0.717) is 43.4 Å². The van der Waals surface area contributed by atoms with Crippen LogP contribution in [-0.2, 0) is 15.1 Å². The van der Waals surface area contributed by atoms with Gasteiger partial charge in [0.15, 0.2) is 0 Å². The summed E-state index contributed by atoms with van der Waals surface area (Å²) in [5, 5.41) is 14.1. The lowest BCUT2D eigenvalue weighted by molar-refractivity contribution is -0.120. The average molecular weight is 417 g/mol. The number of nitrogens with one attached hydrogen (secondary N) is 3. The van der Waals surface area contributed by atoms with Crippen molar-refractivity contribution in [2.75, 3.05) is 13.2 Å². The molecule has 3 aliphatic rings. The number of hydrogen-bond donors (Lipinski definition) is 3. The number of hydrogen-bond acceptors (Lipinski definition) is 5. The second-order valence-corrected chi connectivity index (χ2v) is 7.91. The van der Waals surface area contributed by atoms with Crippen LogP contribution in [0.5, 0.6) is 0 Å². The molecule has 0 radical (unpaired) electrons. The predicted molar refractivity (Wildman–Crippen MR) is 110 cm³/mol. The molecular formula is C21H22ClFN4O2. The van der Waals surface area contributed by atoms with Crippen LogP contribution in [0.1, 0.15) is 31.2 Å². The van der Waals surface area contributed by atoms with Crippen LogP contribution in [0.25, 0.3) is 0 Å². The van der Waals surface area contributed by atoms with Crippen LogP contribution in [0.4, 0.5) is 4.39 Å². The maximum Gasteiger partial charge on any atom is 0.257 e. The predicted octanol–water partition coefficient (Wildman–Crippen LogP) is 3.43. The summed E-state index contributed by atoms with van der Waals surface area (Å²) in [6.45, 7) is 0.878. The van der Waals surface area contributed by atoms with Gasteiger partial charge in [0.25, 0.3) is 5.91 Å². The van der Waals surface area contributed by atoms with Gasteiger partial charge in [0.1, 0.15) is 11.6 Å². The van der Waals surface area contributed by atoms with Gasteiger partial charge in [-0.2, -0.15) is 0 Å². The first kappa shape index (κ1) is 19.8. The van der Waals surface area contributed by atoms with E-state index in [1.54, 1.807) is 12.3 Å². The molecule has 0 unspecified atom stereocenters. The van der Waals surface area contributed by atoms with Crippen LogP contribution >= 0.6 is 11.6 Å². The number of ether oxygens (including phenoxy) is 1. The van der Waals surface area contributed by atoms with Gasteiger partial charge in [-0.05, 0) is 54.9 Å². The lowest BCUT2D eigenvalue weighted by Crippen LogP contribution is -2.50. The zero-order valence-corrected chi connectivity index (χ0v) is 16.6. The number of nitrogens with zero attached hydrogens (tertiary/aromatic N) is 1. The highest BCUT2D eigenvalue weighted by Gasteiger charge is 2.38. The van der Waals surface area contributed by atoms with Crippen LogP contribution in [-0.4, -0.2) is 31.6 Å². The van der Waals surface area contributed by atoms with E-state index in [9.17, 15) is 9.18 Å². The van der Waals surface area contributed by atoms with Crippen molar-refractivity contribution in [3.05, 3.63) is 57.8 Å². The number of halogens is 2. The van der Waals surface area contributed by atoms with Crippen LogP contribution in [0.15, 0.2) is 46.4 Å². The van der Waals surface area contributed by atoms with E-state index in [4.69, 9.17) is 21.7 Å². The Morgan fingerprint density at radius 3 is 2.72 bits per heavy atom. The Morgan fingerprint density at radius 2 is 2.14 bits per heavy atom. The molecule has 1 aromatic rings. The van der Waals surface area contributed by atoms with Crippen LogP contribution in [0, 0.1) is 17.1 Å². The molecule has 1 amide bonds. The number of amides is 1. The summed E-state index contributed by atoms with van der Waals surface area (Å²) in [4.78, 5) is 17.5. The van der Waals surface area contributed by atoms with Crippen molar-refractivity contribution in [1.82, 2.24) is 10.6 Å². The topological polar surface area (TPSA) is 86.6 Å². The van der Waals surface area contributed by atoms with Gasteiger partial charge >= 0.3 is 0 Å². The molecule has 152 valence electrons. The maximum absolute atomic E-state index is 13.6. The molecule has 1 aliphatic carbocycles. The summed E-state index contributed by atoms with van der Waals surface area (Å²) < 4.78 is 19.0. The summed E-state index contributed by atoms with van der Waals surface area (Å²) >= 11 is 6.32. The quantitative estimate of drug-likeness (QED) is 0.507. The van der Waals surface area contributed by atoms with Crippen molar-refractivity contribution in [1.29, 1.82) is 5.41 Å². The molecule has 0 bridgehead atoms. The van der Waals surface area contributed by atoms with Gasteiger partial charge in [-0.25, -0.2) is 9.38 Å². The van der Waals surface area contributed by atoms with Crippen LogP contribution in [0.3, 0.4) is 0 Å². The summed E-state index contributed by atoms with van der Waals surface area (Å²) in [7, 11) is 0. The number of aliphatic imine (C=N–C) groups is 1. The molecule has 2 heterocycles. The van der Waals surface area contributed by atoms with Crippen molar-refractivity contribution >= 4 is 29.9 Å². The lowest BCUT2D eigenvalue weighted by Gasteiger charge is -2.39. The van der Waals surface area contributed by atoms with Crippen LogP contribution < -0.4 is 10.6 Å². The molecule has 3 N–H and O–H groups in total. The van der Waals surface area contributed by atoms with Gasteiger partial charge in [-0.15, -0.1) is 0 Å². The van der Waals surface area contributed by atoms with Gasteiger partial charge in [-0.1, -0.05) is 17.7 Å². The Hall–Kier alpha value is -2.51. The van der Waals surface area contributed by atoms with Gasteiger partial charge in [0.05, 0.1) is 11.1 Å². The summed E-state index contributed by atoms with van der Waals surface area (Å²) in [5.74, 6) is -0.00992. The molecule has 2 fully saturated rings. The zero-order valence-electron chi connectivity index (χ0n) is 15.8. The van der Waals surface area contributed by atoms with E-state index in [1.807, 2.05) is 6.20 Å². The number of benzene rings is 1. The zero-order chi connectivity index (χ0) is 20.4. The fourth-order valence-electron chi connectivity index (χ4n) is 3.74. The fraction of sp³-hybridized carbons (Fsp3) is 0.381. The first-order chi connectivity index (χ1) is 14.0. The average Bonchev–Trinajstić information content (AvgIpc) is 3.55. The summed E-state index contributed by atoms with van der Waals surface area (Å²) in [6.07, 6.45) is 7.88. The lowest BCUT2D eigenvalue weighted by atomic mass is 9.82. The van der Waals surface area contributed by atoms with E-state index in [1.165, 1.54) is 12.1 Å². The largest absolute Gasteiger partial charge is 0.381 e. The van der Waals surface area contributed by atoms with E-state index in [0.717, 1.165) is 24.6 Å². The third kappa shape index (κ3) is 4.11. The molecule has 8 heteroatoms. The molecule has 1 saturated carbocycles. The number of carbonyl (C=O) groups is 1. The summed E-state index contributed by atoms with van der Waals surface area (Å²) in [5.41, 5.74) is 1.07. The first-order valence-electron chi connectivity index (χ1n) is 9.63. The Balaban J connectivity index is 1.61. The third-order valence-electron chi connectivity index (χ3n) is 5.56. The molecular weight excluding hydrogens is 395 g/mol. The Morgan fingerprint density at radius 1 is 1.38 bits per heavy atom. The minimum Gasteiger partial charge on any atom is -0.381 e. The molecule has 0 aromatic heterocycles. The van der Waals surface area contributed by atoms with Crippen molar-refractivity contribution in [2.45, 2.75) is 31.2 Å². The second-order valence-electron chi connectivity index (χ2n) is 7.50. The van der Waals surface area contributed by atoms with Crippen molar-refractivity contribution in [3.63, 3.8) is 0 Å². The standard InChI is InChI=1S/C21H22ClFN4O2/c22-18-9-15(23)3-4-17(18)21(5-7-29-8-6-21)27-20(28)16(10-24)19-25-11-14(12-26-19)13-1-2-13/h3-4,9-13,24-25H,1-2,5-8H2,(H,27,28)/b19-16-,24-10?. The van der Waals surface area contributed by atoms with E-state index >= 15 is 0 Å². The summed E-state index contributed by atoms with van der Waals surface area (Å²) in [6, 6.07) is 4.17. The van der Waals surface area contributed by atoms with Crippen molar-refractivity contribution in [2.24, 2.45) is 10.9 Å². The van der Waals surface area contributed by atoms with E-state index in [2.05, 4.69) is 15.6 Å². The van der Waals surface area contributed by atoms with E-state index in [-0.39, 0.29) is 10.6 Å². The molecule has 0 atom stereocenters. The number of rotatable bonds is 5. The Kier molecular flexibility index (Phi) is 5.52. The Labute approximate surface area is 173 Å². The Bertz CT molecular complexity index is 931. The fourth-order valence-corrected chi connectivity index (χ4v) is 4.09. The maximum atomic E-state index is 13.6. The molecule has 2 aliphatic heterocycles. The molecule has 4 rings (SSSR count). The SMILES string of the molecule is N=C/C(C(=O)NC1(c2ccc(F)cc2Cl)CCOCC1)=C1/N=CC(C2CC2)=CN1. The highest BCUT2D eigenvalue weighted by molar-refractivity contribution is 6.31. The van der Waals surface area contributed by atoms with Crippen molar-refractivity contribution < 1.29 is 13.9 Å². The molecule has 1 aromatic carbocycles. The van der Waals surface area contributed by atoms with Gasteiger partial charge in [0, 0.05) is 36.9 Å². The van der Waals surface area contributed by atoms with Gasteiger partial charge in [-0.3, -0.25) is 4.79 Å². The molecule has 0 spiro atoms. The van der Waals surface area contributed by atoms with Gasteiger partial charge in [0.2, 0.25) is 0 Å². The van der Waals surface area contributed by atoms with Crippen molar-refractivity contribution in [3.8, 4) is 0 Å². The number of allylic oxidation sites excluding steroid dienone is 1. The highest BCUT2D eigenvalue weighted by Crippen LogP contribution is 2.38. The normalized spacial score (nSPS) is 22.3. The highest BCUT2D eigenvalue weighted by atomic mass is 35.5. The molecule has 29 heavy (non-hydrogen) atoms. The third-order valence-corrected chi connectivity index (χ3v) is 5.87. The second kappa shape index (κ2) is 8.08. The van der Waals surface area contributed by atoms with Gasteiger partial charge < -0.3 is 20.8 Å². The van der Waals surface area contributed by atoms with Crippen LogP contribution in [0.2, 0.25) is 5.02 Å². The first-order valence-corrected chi connectivity index (χ1v) is 10.0. The minimum absolute atomic E-state index is 0.122. The minimum atomic E-state index is -0.803. The number of carbonyl (C=O) groups excluding carboxylic acids is 1. The molecule has 1 saturated heterocycles. The van der Waals surface area contributed by atoms with E-state index < -0.39 is 17.3 Å². The monoisotopic (exact) mass is 416 g/mol.